The van der Waals surface area contributed by atoms with Gasteiger partial charge in [0, 0.05) is 48.4 Å². The Bertz CT molecular complexity index is 4840. The standard InChI is InChI=1S/C32H44N2O5S.C31H42N2O5S.C28H35NO5/c1-20-12-14-24(15-13-20)27-21(2)26-17-16-25-19-33(18-23-10-8-7-9-11-23)40(37,38)34(25)29(26)22(3)28(27)30(31(35)36)39-32(4,5)6;1-19-12-14-23(15-13-19)26-20(2)25-16-24-18-32(17-22-10-8-7-9-11-22)39(36,37)33(24)28(25)21(3)27(26)29(30(34)35)38-31(4,5)6;1-16-10-12-19(13-11-16)20-18(3)23-22(29-26(32)28(34-23)14-8-7-9-15-28)17(2)21(20)24(25(30)31)33-27(4,5)6/h12-15,23,25,30H,7-11,16-19H2,1-6H3,(H,35,36);12-15,22,24,29H,7-11,16-18H2,1-6H3,(H,34,35);10-13,24H,7-9,14-15H2,1-6H3,(H,29,32)(H,30,31)/t25?,30-;24?,29-;24-/m000/s1. The first-order chi connectivity index (χ1) is 53.0. The summed E-state index contributed by atoms with van der Waals surface area (Å²) in [6, 6.07) is 23.9. The molecule has 612 valence electrons. The fourth-order valence-electron chi connectivity index (χ4n) is 19.1. The van der Waals surface area contributed by atoms with Crippen molar-refractivity contribution in [3.05, 3.63) is 151 Å². The maximum absolute atomic E-state index is 14.2. The molecule has 0 bridgehead atoms. The number of fused-ring (bicyclic) bond motifs is 7. The fraction of sp³-hybridized carbons (Fsp3) is 0.560. The van der Waals surface area contributed by atoms with E-state index < -0.39 is 79.0 Å². The van der Waals surface area contributed by atoms with Crippen LogP contribution in [-0.4, -0.2) is 125 Å². The highest BCUT2D eigenvalue weighted by atomic mass is 32.2. The number of carboxylic acids is 3. The number of anilines is 3. The van der Waals surface area contributed by atoms with Crippen molar-refractivity contribution < 1.29 is 70.3 Å². The molecule has 5 fully saturated rings. The van der Waals surface area contributed by atoms with Gasteiger partial charge in [0.2, 0.25) is 0 Å². The van der Waals surface area contributed by atoms with Gasteiger partial charge in [-0.15, -0.1) is 0 Å². The molecule has 8 aliphatic rings. The van der Waals surface area contributed by atoms with Crippen molar-refractivity contribution in [3.8, 4) is 39.1 Å². The zero-order chi connectivity index (χ0) is 82.1. The Labute approximate surface area is 671 Å². The molecule has 2 saturated heterocycles. The van der Waals surface area contributed by atoms with Crippen LogP contribution < -0.4 is 18.7 Å². The van der Waals surface area contributed by atoms with Crippen molar-refractivity contribution in [1.82, 2.24) is 8.61 Å². The molecule has 2 unspecified atom stereocenters. The molecule has 113 heavy (non-hydrogen) atoms. The minimum Gasteiger partial charge on any atom is -0.479 e. The molecule has 4 N–H and O–H groups in total. The third-order valence-corrected chi connectivity index (χ3v) is 28.3. The van der Waals surface area contributed by atoms with Crippen molar-refractivity contribution >= 4 is 61.3 Å². The molecule has 3 saturated carbocycles. The molecule has 1 amide bonds. The van der Waals surface area contributed by atoms with Gasteiger partial charge in [-0.2, -0.15) is 25.4 Å². The number of aliphatic carboxylic acids is 3. The van der Waals surface area contributed by atoms with Crippen molar-refractivity contribution in [3.63, 3.8) is 0 Å². The zero-order valence-electron chi connectivity index (χ0n) is 69.9. The predicted octanol–water partition coefficient (Wildman–Crippen LogP) is 18.8. The van der Waals surface area contributed by atoms with Crippen molar-refractivity contribution in [2.24, 2.45) is 11.8 Å². The van der Waals surface area contributed by atoms with Crippen LogP contribution in [0.3, 0.4) is 0 Å². The molecule has 5 heterocycles. The summed E-state index contributed by atoms with van der Waals surface area (Å²) in [6.07, 6.45) is 14.3. The Balaban J connectivity index is 0.000000158. The molecule has 0 radical (unpaired) electrons. The summed E-state index contributed by atoms with van der Waals surface area (Å²) in [5, 5.41) is 34.2. The third-order valence-electron chi connectivity index (χ3n) is 24.4. The highest BCUT2D eigenvalue weighted by Gasteiger charge is 2.54. The normalized spacial score (nSPS) is 20.9. The number of benzene rings is 6. The van der Waals surface area contributed by atoms with E-state index in [-0.39, 0.29) is 18.0 Å². The van der Waals surface area contributed by atoms with Crippen LogP contribution >= 0.6 is 0 Å². The molecule has 5 aliphatic heterocycles. The smallest absolute Gasteiger partial charge is 0.337 e. The van der Waals surface area contributed by atoms with Crippen LogP contribution in [0.2, 0.25) is 0 Å². The third kappa shape index (κ3) is 17.3. The van der Waals surface area contributed by atoms with E-state index in [1.807, 2.05) is 197 Å². The van der Waals surface area contributed by atoms with Crippen LogP contribution in [0.15, 0.2) is 72.8 Å². The van der Waals surface area contributed by atoms with E-state index in [9.17, 15) is 51.3 Å². The maximum Gasteiger partial charge on any atom is 0.337 e. The Kier molecular flexibility index (Phi) is 24.6. The van der Waals surface area contributed by atoms with E-state index in [0.29, 0.717) is 113 Å². The lowest BCUT2D eigenvalue weighted by Gasteiger charge is -2.42. The van der Waals surface area contributed by atoms with Gasteiger partial charge in [-0.05, 0) is 279 Å². The monoisotopic (exact) mass is 1590 g/mol. The summed E-state index contributed by atoms with van der Waals surface area (Å²) in [5.74, 6) is -1.93. The number of carbonyl (C=O) groups is 4. The van der Waals surface area contributed by atoms with Crippen molar-refractivity contribution in [1.29, 1.82) is 0 Å². The number of carbonyl (C=O) groups excluding carboxylic acids is 1. The summed E-state index contributed by atoms with van der Waals surface area (Å²) < 4.78 is 88.0. The number of nitrogens with zero attached hydrogens (tertiary/aromatic N) is 4. The van der Waals surface area contributed by atoms with E-state index in [4.69, 9.17) is 18.9 Å². The second kappa shape index (κ2) is 32.8. The number of amides is 1. The number of aryl methyl sites for hydroxylation is 3. The van der Waals surface area contributed by atoms with Gasteiger partial charge in [-0.25, -0.2) is 14.4 Å². The Morgan fingerprint density at radius 1 is 0.469 bits per heavy atom. The van der Waals surface area contributed by atoms with Gasteiger partial charge in [0.1, 0.15) is 5.75 Å². The molecular formula is C91H121N5O15S2. The summed E-state index contributed by atoms with van der Waals surface area (Å²) in [4.78, 5) is 51.3. The Morgan fingerprint density at radius 2 is 0.814 bits per heavy atom. The molecule has 6 aromatic carbocycles. The fourth-order valence-corrected chi connectivity index (χ4v) is 23.1. The first kappa shape index (κ1) is 84.7. The quantitative estimate of drug-likeness (QED) is 0.0702. The van der Waals surface area contributed by atoms with E-state index >= 15 is 0 Å². The minimum atomic E-state index is -3.74. The van der Waals surface area contributed by atoms with Crippen LogP contribution in [0.1, 0.15) is 261 Å². The van der Waals surface area contributed by atoms with Crippen LogP contribution in [0.5, 0.6) is 5.75 Å². The van der Waals surface area contributed by atoms with Gasteiger partial charge in [-0.1, -0.05) is 134 Å². The highest BCUT2D eigenvalue weighted by molar-refractivity contribution is 7.91. The summed E-state index contributed by atoms with van der Waals surface area (Å²) in [6.45, 7) is 36.3. The average Bonchev–Trinajstić information content (AvgIpc) is 1.66. The van der Waals surface area contributed by atoms with Crippen molar-refractivity contribution in [2.75, 3.05) is 40.1 Å². The van der Waals surface area contributed by atoms with Gasteiger partial charge in [-0.3, -0.25) is 13.4 Å². The van der Waals surface area contributed by atoms with Gasteiger partial charge < -0.3 is 39.6 Å². The summed E-state index contributed by atoms with van der Waals surface area (Å²) >= 11 is 0. The largest absolute Gasteiger partial charge is 0.479 e. The average molecular weight is 1590 g/mol. The number of ether oxygens (including phenoxy) is 4. The number of nitrogens with one attached hydrogen (secondary N) is 1. The first-order valence-corrected chi connectivity index (χ1v) is 43.8. The molecule has 5 atom stereocenters. The number of rotatable bonds is 16. The van der Waals surface area contributed by atoms with Crippen molar-refractivity contribution in [2.45, 2.75) is 293 Å². The zero-order valence-corrected chi connectivity index (χ0v) is 71.5. The van der Waals surface area contributed by atoms with E-state index in [0.717, 1.165) is 136 Å². The molecule has 14 rings (SSSR count). The molecule has 20 nitrogen and oxygen atoms in total. The number of hydrogen-bond donors (Lipinski definition) is 4. The Morgan fingerprint density at radius 3 is 1.20 bits per heavy atom. The highest BCUT2D eigenvalue weighted by Crippen LogP contribution is 2.55. The van der Waals surface area contributed by atoms with Gasteiger partial charge in [0.05, 0.1) is 45.9 Å². The summed E-state index contributed by atoms with van der Waals surface area (Å²) in [5.41, 5.74) is 15.7. The number of carboxylic acid groups (broad SMARTS) is 3. The molecule has 6 aromatic rings. The molecule has 3 aliphatic carbocycles. The van der Waals surface area contributed by atoms with Gasteiger partial charge in [0.15, 0.2) is 23.9 Å². The maximum atomic E-state index is 14.2. The van der Waals surface area contributed by atoms with Crippen LogP contribution in [0.25, 0.3) is 33.4 Å². The topological polar surface area (TPSA) is 259 Å². The van der Waals surface area contributed by atoms with Gasteiger partial charge >= 0.3 is 38.3 Å². The van der Waals surface area contributed by atoms with E-state index in [1.54, 1.807) is 17.2 Å². The van der Waals surface area contributed by atoms with Crippen LogP contribution in [0, 0.1) is 74.1 Å². The SMILES string of the molecule is Cc1ccc(-c2c(C)c3c(c(C)c2[C@H](OC(C)(C)C)C(=O)O)N2C(C3)CN(CC3CCCCC3)S2(=O)=O)cc1.Cc1ccc(-c2c(C)c3c(c(C)c2[C@H](OC(C)(C)C)C(=O)O)N2C(CC3)CN(CC3CCCCC3)S2(=O)=O)cc1.Cc1ccc(-c2c(C)c3c(c(C)c2[C@H](OC(C)(C)C)C(=O)O)NC(=O)C2(CCCCC2)O3)cc1. The lowest BCUT2D eigenvalue weighted by molar-refractivity contribution is -0.161. The Hall–Kier alpha value is -7.70. The minimum absolute atomic E-state index is 0.139. The summed E-state index contributed by atoms with van der Waals surface area (Å²) in [7, 11) is -7.46. The lowest BCUT2D eigenvalue weighted by atomic mass is 9.81. The molecule has 22 heteroatoms. The first-order valence-electron chi connectivity index (χ1n) is 41.0. The second-order valence-corrected chi connectivity index (χ2v) is 39.9. The second-order valence-electron chi connectivity index (χ2n) is 36.3. The van der Waals surface area contributed by atoms with E-state index in [2.05, 4.69) is 5.32 Å². The van der Waals surface area contributed by atoms with Crippen LogP contribution in [0.4, 0.5) is 17.1 Å². The van der Waals surface area contributed by atoms with Gasteiger partial charge in [0.25, 0.3) is 5.91 Å². The predicted molar refractivity (Wildman–Crippen MR) is 446 cm³/mol. The lowest BCUT2D eigenvalue weighted by Crippen LogP contribution is -2.52. The number of hydrogen-bond acceptors (Lipinski definition) is 12. The molecular weight excluding hydrogens is 1470 g/mol. The van der Waals surface area contributed by atoms with Crippen LogP contribution in [-0.2, 0) is 66.6 Å². The van der Waals surface area contributed by atoms with E-state index in [1.165, 1.54) is 38.5 Å². The molecule has 0 aromatic heterocycles. The molecule has 1 spiro atoms.